The minimum absolute atomic E-state index is 0.0739. The van der Waals surface area contributed by atoms with Gasteiger partial charge < -0.3 is 10.4 Å². The monoisotopic (exact) mass is 295 g/mol. The molecule has 0 radical (unpaired) electrons. The number of nitrogens with zero attached hydrogens (tertiary/aromatic N) is 2. The molecule has 0 atom stereocenters. The van der Waals surface area contributed by atoms with Crippen molar-refractivity contribution in [2.75, 3.05) is 6.54 Å². The molecule has 0 saturated heterocycles. The Bertz CT molecular complexity index is 495. The van der Waals surface area contributed by atoms with Crippen molar-refractivity contribution in [2.45, 2.75) is 59.4 Å². The number of unbranched alkanes of at least 4 members (excludes halogenated alkanes) is 3. The second-order valence-corrected chi connectivity index (χ2v) is 5.18. The predicted molar refractivity (Wildman–Crippen MR) is 80.4 cm³/mol. The van der Waals surface area contributed by atoms with Gasteiger partial charge in [0.2, 0.25) is 0 Å². The van der Waals surface area contributed by atoms with Gasteiger partial charge in [0, 0.05) is 25.2 Å². The van der Waals surface area contributed by atoms with E-state index in [0.29, 0.717) is 18.5 Å². The Labute approximate surface area is 125 Å². The van der Waals surface area contributed by atoms with Crippen molar-refractivity contribution < 1.29 is 14.7 Å². The molecule has 0 aliphatic heterocycles. The molecule has 1 aromatic rings. The zero-order chi connectivity index (χ0) is 15.8. The molecule has 0 aliphatic rings. The van der Waals surface area contributed by atoms with E-state index in [4.69, 9.17) is 5.11 Å². The predicted octanol–water partition coefficient (Wildman–Crippen LogP) is 2.28. The summed E-state index contributed by atoms with van der Waals surface area (Å²) < 4.78 is 1.83. The molecule has 0 unspecified atom stereocenters. The van der Waals surface area contributed by atoms with Crippen LogP contribution in [0.1, 0.15) is 60.8 Å². The third kappa shape index (κ3) is 5.21. The van der Waals surface area contributed by atoms with E-state index >= 15 is 0 Å². The Morgan fingerprint density at radius 1 is 1.19 bits per heavy atom. The average Bonchev–Trinajstić information content (AvgIpc) is 2.71. The lowest BCUT2D eigenvalue weighted by molar-refractivity contribution is -0.137. The quantitative estimate of drug-likeness (QED) is 0.685. The minimum atomic E-state index is -0.748. The Kier molecular flexibility index (Phi) is 6.91. The third-order valence-corrected chi connectivity index (χ3v) is 3.51. The summed E-state index contributed by atoms with van der Waals surface area (Å²) in [5.74, 6) is -0.822. The number of hydrogen-bond acceptors (Lipinski definition) is 3. The summed E-state index contributed by atoms with van der Waals surface area (Å²) >= 11 is 0. The van der Waals surface area contributed by atoms with Crippen molar-refractivity contribution in [3.8, 4) is 0 Å². The fourth-order valence-electron chi connectivity index (χ4n) is 2.38. The minimum Gasteiger partial charge on any atom is -0.481 e. The topological polar surface area (TPSA) is 84.2 Å². The number of aliphatic carboxylic acids is 1. The lowest BCUT2D eigenvalue weighted by atomic mass is 10.1. The van der Waals surface area contributed by atoms with Gasteiger partial charge >= 0.3 is 5.97 Å². The van der Waals surface area contributed by atoms with Crippen LogP contribution in [0.5, 0.6) is 0 Å². The maximum Gasteiger partial charge on any atom is 0.303 e. The van der Waals surface area contributed by atoms with E-state index < -0.39 is 5.97 Å². The van der Waals surface area contributed by atoms with Gasteiger partial charge in [0.1, 0.15) is 0 Å². The number of aryl methyl sites for hydroxylation is 2. The molecule has 0 spiro atoms. The van der Waals surface area contributed by atoms with E-state index in [1.54, 1.807) is 0 Å². The standard InChI is InChI=1S/C15H25N3O3/c1-4-18-12(3)14(11(2)17-18)15(21)16-10-8-6-5-7-9-13(19)20/h4-10H2,1-3H3,(H,16,21)(H,19,20). The van der Waals surface area contributed by atoms with Crippen LogP contribution in [0.15, 0.2) is 0 Å². The highest BCUT2D eigenvalue weighted by atomic mass is 16.4. The molecule has 1 rings (SSSR count). The van der Waals surface area contributed by atoms with E-state index in [-0.39, 0.29) is 12.3 Å². The number of nitrogens with one attached hydrogen (secondary N) is 1. The fourth-order valence-corrected chi connectivity index (χ4v) is 2.38. The van der Waals surface area contributed by atoms with Gasteiger partial charge in [-0.1, -0.05) is 12.8 Å². The number of carbonyl (C=O) groups is 2. The summed E-state index contributed by atoms with van der Waals surface area (Å²) in [6.07, 6.45) is 3.60. The van der Waals surface area contributed by atoms with Gasteiger partial charge in [0.25, 0.3) is 5.91 Å². The summed E-state index contributed by atoms with van der Waals surface area (Å²) in [6, 6.07) is 0. The molecule has 1 heterocycles. The lowest BCUT2D eigenvalue weighted by Gasteiger charge is -2.06. The van der Waals surface area contributed by atoms with E-state index in [2.05, 4.69) is 10.4 Å². The number of carboxylic acid groups (broad SMARTS) is 1. The van der Waals surface area contributed by atoms with Crippen LogP contribution in [0.3, 0.4) is 0 Å². The zero-order valence-electron chi connectivity index (χ0n) is 13.1. The highest BCUT2D eigenvalue weighted by Crippen LogP contribution is 2.12. The van der Waals surface area contributed by atoms with E-state index in [9.17, 15) is 9.59 Å². The SMILES string of the molecule is CCn1nc(C)c(C(=O)NCCCCCCC(=O)O)c1C. The van der Waals surface area contributed by atoms with Crippen LogP contribution in [0, 0.1) is 13.8 Å². The van der Waals surface area contributed by atoms with E-state index in [1.807, 2.05) is 25.5 Å². The normalized spacial score (nSPS) is 10.6. The molecule has 0 saturated carbocycles. The Morgan fingerprint density at radius 3 is 2.43 bits per heavy atom. The van der Waals surface area contributed by atoms with Crippen molar-refractivity contribution in [3.05, 3.63) is 17.0 Å². The van der Waals surface area contributed by atoms with Crippen LogP contribution in [0.25, 0.3) is 0 Å². The van der Waals surface area contributed by atoms with Crippen molar-refractivity contribution in [1.82, 2.24) is 15.1 Å². The van der Waals surface area contributed by atoms with Gasteiger partial charge in [-0.3, -0.25) is 14.3 Å². The Hall–Kier alpha value is -1.85. The first kappa shape index (κ1) is 17.2. The molecule has 0 aliphatic carbocycles. The first-order valence-electron chi connectivity index (χ1n) is 7.51. The van der Waals surface area contributed by atoms with Crippen LogP contribution in [-0.4, -0.2) is 33.3 Å². The second kappa shape index (κ2) is 8.44. The van der Waals surface area contributed by atoms with E-state index in [1.165, 1.54) is 0 Å². The fraction of sp³-hybridized carbons (Fsp3) is 0.667. The second-order valence-electron chi connectivity index (χ2n) is 5.18. The molecule has 0 bridgehead atoms. The molecular weight excluding hydrogens is 270 g/mol. The maximum atomic E-state index is 12.2. The molecule has 1 aromatic heterocycles. The van der Waals surface area contributed by atoms with Gasteiger partial charge in [-0.15, -0.1) is 0 Å². The highest BCUT2D eigenvalue weighted by Gasteiger charge is 2.17. The van der Waals surface area contributed by atoms with E-state index in [0.717, 1.165) is 37.2 Å². The maximum absolute atomic E-state index is 12.2. The largest absolute Gasteiger partial charge is 0.481 e. The average molecular weight is 295 g/mol. The Morgan fingerprint density at radius 2 is 1.86 bits per heavy atom. The number of aromatic nitrogens is 2. The summed E-state index contributed by atoms with van der Waals surface area (Å²) in [5.41, 5.74) is 2.32. The summed E-state index contributed by atoms with van der Waals surface area (Å²) in [4.78, 5) is 22.5. The van der Waals surface area contributed by atoms with Crippen molar-refractivity contribution in [1.29, 1.82) is 0 Å². The smallest absolute Gasteiger partial charge is 0.303 e. The van der Waals surface area contributed by atoms with Gasteiger partial charge in [0.15, 0.2) is 0 Å². The van der Waals surface area contributed by atoms with Crippen LogP contribution in [0.4, 0.5) is 0 Å². The zero-order valence-corrected chi connectivity index (χ0v) is 13.1. The van der Waals surface area contributed by atoms with Crippen LogP contribution in [-0.2, 0) is 11.3 Å². The van der Waals surface area contributed by atoms with Crippen molar-refractivity contribution in [3.63, 3.8) is 0 Å². The Balaban J connectivity index is 2.31. The molecule has 2 N–H and O–H groups in total. The highest BCUT2D eigenvalue weighted by molar-refractivity contribution is 5.96. The molecule has 6 nitrogen and oxygen atoms in total. The van der Waals surface area contributed by atoms with Gasteiger partial charge in [0.05, 0.1) is 11.3 Å². The van der Waals surface area contributed by atoms with Gasteiger partial charge in [-0.2, -0.15) is 5.10 Å². The first-order valence-corrected chi connectivity index (χ1v) is 7.51. The molecule has 6 heteroatoms. The summed E-state index contributed by atoms with van der Waals surface area (Å²) in [5, 5.41) is 15.8. The molecule has 0 aromatic carbocycles. The number of carbonyl (C=O) groups excluding carboxylic acids is 1. The van der Waals surface area contributed by atoms with Gasteiger partial charge in [-0.05, 0) is 33.6 Å². The molecule has 0 fully saturated rings. The molecule has 1 amide bonds. The summed E-state index contributed by atoms with van der Waals surface area (Å²) in [6.45, 7) is 7.12. The van der Waals surface area contributed by atoms with Crippen molar-refractivity contribution in [2.24, 2.45) is 0 Å². The van der Waals surface area contributed by atoms with Crippen LogP contribution < -0.4 is 5.32 Å². The number of rotatable bonds is 9. The molecule has 118 valence electrons. The molecular formula is C15H25N3O3. The molecule has 21 heavy (non-hydrogen) atoms. The number of hydrogen-bond donors (Lipinski definition) is 2. The lowest BCUT2D eigenvalue weighted by Crippen LogP contribution is -2.25. The third-order valence-electron chi connectivity index (χ3n) is 3.51. The number of amides is 1. The first-order chi connectivity index (χ1) is 9.97. The van der Waals surface area contributed by atoms with Crippen LogP contribution >= 0.6 is 0 Å². The summed E-state index contributed by atoms with van der Waals surface area (Å²) in [7, 11) is 0. The van der Waals surface area contributed by atoms with Crippen LogP contribution in [0.2, 0.25) is 0 Å². The van der Waals surface area contributed by atoms with Crippen molar-refractivity contribution >= 4 is 11.9 Å². The van der Waals surface area contributed by atoms with Gasteiger partial charge in [-0.25, -0.2) is 0 Å². The number of carboxylic acids is 1.